The van der Waals surface area contributed by atoms with Crippen LogP contribution in [0.5, 0.6) is 0 Å². The number of halogens is 2. The van der Waals surface area contributed by atoms with Crippen molar-refractivity contribution in [1.29, 1.82) is 0 Å². The van der Waals surface area contributed by atoms with Gasteiger partial charge in [-0.2, -0.15) is 0 Å². The molecule has 0 aromatic heterocycles. The lowest BCUT2D eigenvalue weighted by Gasteiger charge is -2.38. The molecule has 0 spiro atoms. The van der Waals surface area contributed by atoms with Crippen molar-refractivity contribution in [2.75, 3.05) is 13.2 Å². The van der Waals surface area contributed by atoms with Gasteiger partial charge in [-0.3, -0.25) is 0 Å². The molecule has 0 radical (unpaired) electrons. The molecule has 0 fully saturated rings. The van der Waals surface area contributed by atoms with Gasteiger partial charge < -0.3 is 14.8 Å². The summed E-state index contributed by atoms with van der Waals surface area (Å²) in [7, 11) is -1.97. The summed E-state index contributed by atoms with van der Waals surface area (Å²) < 4.78 is 20.3. The number of aliphatic hydroxyl groups excluding tert-OH is 1. The van der Waals surface area contributed by atoms with Crippen molar-refractivity contribution >= 4 is 19.9 Å². The third kappa shape index (κ3) is 6.90. The highest BCUT2D eigenvalue weighted by Crippen LogP contribution is 2.37. The van der Waals surface area contributed by atoms with E-state index in [4.69, 9.17) is 16.0 Å². The standard InChI is InChI=1S/C23H33ClFNO2Si/c1-23(2,3)29(4,5)28-16-19(15-26-14-17-9-7-6-8-10-17)22(27)18-11-12-20(24)21(25)13-18/h6-13,19,22,26-27H,14-16H2,1-5H3. The molecule has 0 aliphatic carbocycles. The van der Waals surface area contributed by atoms with Gasteiger partial charge in [-0.05, 0) is 41.4 Å². The zero-order chi connectivity index (χ0) is 21.7. The van der Waals surface area contributed by atoms with Crippen molar-refractivity contribution in [2.24, 2.45) is 5.92 Å². The van der Waals surface area contributed by atoms with Gasteiger partial charge in [0.15, 0.2) is 8.32 Å². The van der Waals surface area contributed by atoms with E-state index in [-0.39, 0.29) is 16.0 Å². The lowest BCUT2D eigenvalue weighted by atomic mass is 9.96. The molecule has 3 nitrogen and oxygen atoms in total. The lowest BCUT2D eigenvalue weighted by Crippen LogP contribution is -2.43. The minimum absolute atomic E-state index is 0.0530. The Morgan fingerprint density at radius 2 is 1.79 bits per heavy atom. The number of aliphatic hydroxyl groups is 1. The fourth-order valence-corrected chi connectivity index (χ4v) is 3.94. The second-order valence-electron chi connectivity index (χ2n) is 9.07. The van der Waals surface area contributed by atoms with Crippen molar-refractivity contribution in [3.63, 3.8) is 0 Å². The van der Waals surface area contributed by atoms with Gasteiger partial charge in [0.05, 0.1) is 11.1 Å². The van der Waals surface area contributed by atoms with Crippen LogP contribution in [-0.4, -0.2) is 26.6 Å². The van der Waals surface area contributed by atoms with Gasteiger partial charge in [-0.1, -0.05) is 68.8 Å². The maximum atomic E-state index is 13.9. The molecule has 0 amide bonds. The molecule has 0 heterocycles. The highest BCUT2D eigenvalue weighted by molar-refractivity contribution is 6.74. The van der Waals surface area contributed by atoms with E-state index >= 15 is 0 Å². The van der Waals surface area contributed by atoms with Crippen LogP contribution in [0, 0.1) is 11.7 Å². The SMILES string of the molecule is CC(C)(C)[Si](C)(C)OCC(CNCc1ccccc1)C(O)c1ccc(Cl)c(F)c1. The molecule has 2 aromatic rings. The normalized spacial score (nSPS) is 14.6. The van der Waals surface area contributed by atoms with Crippen molar-refractivity contribution in [3.05, 3.63) is 70.5 Å². The maximum Gasteiger partial charge on any atom is 0.191 e. The average molecular weight is 438 g/mol. The molecule has 2 N–H and O–H groups in total. The van der Waals surface area contributed by atoms with Crippen LogP contribution in [0.15, 0.2) is 48.5 Å². The van der Waals surface area contributed by atoms with Crippen LogP contribution in [0.3, 0.4) is 0 Å². The Morgan fingerprint density at radius 1 is 1.14 bits per heavy atom. The monoisotopic (exact) mass is 437 g/mol. The molecule has 0 saturated heterocycles. The first-order valence-electron chi connectivity index (χ1n) is 10.0. The summed E-state index contributed by atoms with van der Waals surface area (Å²) in [5.74, 6) is -0.738. The van der Waals surface area contributed by atoms with E-state index in [0.29, 0.717) is 25.3 Å². The largest absolute Gasteiger partial charge is 0.416 e. The summed E-state index contributed by atoms with van der Waals surface area (Å²) in [6.45, 7) is 12.6. The third-order valence-electron chi connectivity index (χ3n) is 5.77. The van der Waals surface area contributed by atoms with E-state index in [2.05, 4.69) is 51.3 Å². The van der Waals surface area contributed by atoms with Crippen LogP contribution < -0.4 is 5.32 Å². The van der Waals surface area contributed by atoms with Crippen LogP contribution in [0.25, 0.3) is 0 Å². The Bertz CT molecular complexity index is 780. The lowest BCUT2D eigenvalue weighted by molar-refractivity contribution is 0.0693. The molecule has 0 bridgehead atoms. The maximum absolute atomic E-state index is 13.9. The predicted octanol–water partition coefficient (Wildman–Crippen LogP) is 5.94. The number of benzene rings is 2. The van der Waals surface area contributed by atoms with Crippen molar-refractivity contribution in [3.8, 4) is 0 Å². The summed E-state index contributed by atoms with van der Waals surface area (Å²) >= 11 is 5.80. The van der Waals surface area contributed by atoms with E-state index in [9.17, 15) is 9.50 Å². The zero-order valence-electron chi connectivity index (χ0n) is 18.0. The second kappa shape index (κ2) is 10.2. The summed E-state index contributed by atoms with van der Waals surface area (Å²) in [6.07, 6.45) is -0.852. The first kappa shape index (κ1) is 24.0. The van der Waals surface area contributed by atoms with Gasteiger partial charge in [0, 0.05) is 25.6 Å². The molecule has 6 heteroatoms. The van der Waals surface area contributed by atoms with Crippen LogP contribution >= 0.6 is 11.6 Å². The van der Waals surface area contributed by atoms with E-state index in [1.807, 2.05) is 18.2 Å². The highest BCUT2D eigenvalue weighted by atomic mass is 35.5. The fraction of sp³-hybridized carbons (Fsp3) is 0.478. The number of rotatable bonds is 9. The van der Waals surface area contributed by atoms with Gasteiger partial charge in [-0.15, -0.1) is 0 Å². The summed E-state index contributed by atoms with van der Waals surface area (Å²) in [4.78, 5) is 0. The minimum Gasteiger partial charge on any atom is -0.416 e. The highest BCUT2D eigenvalue weighted by Gasteiger charge is 2.38. The molecule has 0 saturated carbocycles. The van der Waals surface area contributed by atoms with E-state index in [1.165, 1.54) is 17.7 Å². The van der Waals surface area contributed by atoms with Crippen molar-refractivity contribution in [1.82, 2.24) is 5.32 Å². The Hall–Kier alpha value is -1.24. The molecule has 0 aliphatic heterocycles. The molecular weight excluding hydrogens is 405 g/mol. The third-order valence-corrected chi connectivity index (χ3v) is 10.6. The number of hydrogen-bond donors (Lipinski definition) is 2. The van der Waals surface area contributed by atoms with Gasteiger partial charge >= 0.3 is 0 Å². The Labute approximate surface area is 180 Å². The molecule has 2 atom stereocenters. The second-order valence-corrected chi connectivity index (χ2v) is 14.3. The van der Waals surface area contributed by atoms with Crippen molar-refractivity contribution < 1.29 is 13.9 Å². The average Bonchev–Trinajstić information content (AvgIpc) is 2.66. The Kier molecular flexibility index (Phi) is 8.44. The van der Waals surface area contributed by atoms with Gasteiger partial charge in [0.25, 0.3) is 0 Å². The van der Waals surface area contributed by atoms with Crippen LogP contribution in [0.1, 0.15) is 38.0 Å². The quantitative estimate of drug-likeness (QED) is 0.477. The number of nitrogens with one attached hydrogen (secondary N) is 1. The molecule has 0 aliphatic rings. The Morgan fingerprint density at radius 3 is 2.38 bits per heavy atom. The van der Waals surface area contributed by atoms with E-state index < -0.39 is 20.2 Å². The first-order chi connectivity index (χ1) is 13.5. The van der Waals surface area contributed by atoms with E-state index in [1.54, 1.807) is 6.07 Å². The molecular formula is C23H33ClFNO2Si. The predicted molar refractivity (Wildman–Crippen MR) is 121 cm³/mol. The zero-order valence-corrected chi connectivity index (χ0v) is 19.8. The molecule has 160 valence electrons. The smallest absolute Gasteiger partial charge is 0.191 e. The topological polar surface area (TPSA) is 41.5 Å². The molecule has 29 heavy (non-hydrogen) atoms. The Balaban J connectivity index is 2.11. The van der Waals surface area contributed by atoms with Gasteiger partial charge in [0.2, 0.25) is 0 Å². The molecule has 2 aromatic carbocycles. The van der Waals surface area contributed by atoms with Gasteiger partial charge in [-0.25, -0.2) is 4.39 Å². The van der Waals surface area contributed by atoms with Crippen LogP contribution in [-0.2, 0) is 11.0 Å². The minimum atomic E-state index is -1.97. The summed E-state index contributed by atoms with van der Waals surface area (Å²) in [6, 6.07) is 14.6. The summed E-state index contributed by atoms with van der Waals surface area (Å²) in [5.41, 5.74) is 1.68. The molecule has 2 unspecified atom stereocenters. The van der Waals surface area contributed by atoms with E-state index in [0.717, 1.165) is 0 Å². The van der Waals surface area contributed by atoms with Crippen molar-refractivity contribution in [2.45, 2.75) is 51.6 Å². The molecule has 2 rings (SSSR count). The fourth-order valence-electron chi connectivity index (χ4n) is 2.76. The van der Waals surface area contributed by atoms with Crippen LogP contribution in [0.2, 0.25) is 23.2 Å². The van der Waals surface area contributed by atoms with Crippen LogP contribution in [0.4, 0.5) is 4.39 Å². The first-order valence-corrected chi connectivity index (χ1v) is 13.3. The van der Waals surface area contributed by atoms with Gasteiger partial charge in [0.1, 0.15) is 5.82 Å². The number of hydrogen-bond acceptors (Lipinski definition) is 3. The summed E-state index contributed by atoms with van der Waals surface area (Å²) in [5, 5.41) is 14.5.